The summed E-state index contributed by atoms with van der Waals surface area (Å²) in [6.07, 6.45) is 9.36. The van der Waals surface area contributed by atoms with Gasteiger partial charge in [-0.25, -0.2) is 4.39 Å². The van der Waals surface area contributed by atoms with E-state index in [0.29, 0.717) is 25.2 Å². The van der Waals surface area contributed by atoms with Crippen LogP contribution < -0.4 is 0 Å². The fraction of sp³-hybridized carbons (Fsp3) is 1.00. The Morgan fingerprint density at radius 1 is 0.857 bits per heavy atom. The number of thiol groups is 2. The zero-order valence-corrected chi connectivity index (χ0v) is 18.6. The summed E-state index contributed by atoms with van der Waals surface area (Å²) in [7, 11) is 0. The summed E-state index contributed by atoms with van der Waals surface area (Å²) in [6.45, 7) is 2.79. The van der Waals surface area contributed by atoms with Crippen LogP contribution in [0, 0.1) is 23.7 Å². The van der Waals surface area contributed by atoms with Crippen LogP contribution in [-0.2, 0) is 4.74 Å². The first-order valence-electron chi connectivity index (χ1n) is 11.6. The van der Waals surface area contributed by atoms with Gasteiger partial charge in [0.05, 0.1) is 0 Å². The SMILES string of the molecule is F[C@@H]1CN2[C@H]3CCC(C4CN5C6OCCCC6CC5(CS)C4)[C@H]3C[C@@]2(CS)C1. The van der Waals surface area contributed by atoms with Gasteiger partial charge in [-0.3, -0.25) is 9.80 Å². The Balaban J connectivity index is 1.22. The zero-order valence-electron chi connectivity index (χ0n) is 16.8. The van der Waals surface area contributed by atoms with Crippen LogP contribution in [-0.4, -0.2) is 70.5 Å². The van der Waals surface area contributed by atoms with Crippen LogP contribution in [0.3, 0.4) is 0 Å². The topological polar surface area (TPSA) is 15.7 Å². The number of nitrogens with zero attached hydrogens (tertiary/aromatic N) is 2. The van der Waals surface area contributed by atoms with Gasteiger partial charge in [0.25, 0.3) is 0 Å². The maximum atomic E-state index is 14.2. The Labute approximate surface area is 179 Å². The molecular formula is C22H35FN2OS2. The molecule has 6 fully saturated rings. The molecule has 0 bridgehead atoms. The minimum absolute atomic E-state index is 0.0457. The maximum absolute atomic E-state index is 14.2. The van der Waals surface area contributed by atoms with Crippen molar-refractivity contribution in [3.63, 3.8) is 0 Å². The Morgan fingerprint density at radius 2 is 1.64 bits per heavy atom. The fourth-order valence-electron chi connectivity index (χ4n) is 8.74. The van der Waals surface area contributed by atoms with Crippen molar-refractivity contribution in [2.45, 2.75) is 80.9 Å². The molecule has 6 aliphatic rings. The van der Waals surface area contributed by atoms with Crippen molar-refractivity contribution >= 4 is 25.3 Å². The first-order valence-corrected chi connectivity index (χ1v) is 12.9. The molecule has 0 N–H and O–H groups in total. The van der Waals surface area contributed by atoms with E-state index < -0.39 is 6.17 Å². The lowest BCUT2D eigenvalue weighted by molar-refractivity contribution is -0.0954. The van der Waals surface area contributed by atoms with Crippen LogP contribution >= 0.6 is 25.3 Å². The fourth-order valence-corrected chi connectivity index (χ4v) is 9.62. The average Bonchev–Trinajstić information content (AvgIpc) is 3.44. The van der Waals surface area contributed by atoms with Crippen LogP contribution in [0.25, 0.3) is 0 Å². The van der Waals surface area contributed by atoms with E-state index in [2.05, 4.69) is 9.80 Å². The second-order valence-electron chi connectivity index (χ2n) is 10.9. The van der Waals surface area contributed by atoms with Gasteiger partial charge in [-0.1, -0.05) is 0 Å². The molecule has 6 heteroatoms. The lowest BCUT2D eigenvalue weighted by atomic mass is 9.75. The van der Waals surface area contributed by atoms with Crippen molar-refractivity contribution in [3.05, 3.63) is 0 Å². The third-order valence-electron chi connectivity index (χ3n) is 9.70. The molecule has 5 aliphatic heterocycles. The van der Waals surface area contributed by atoms with Gasteiger partial charge in [0.1, 0.15) is 12.4 Å². The lowest BCUT2D eigenvalue weighted by Gasteiger charge is -2.35. The third kappa shape index (κ3) is 2.53. The van der Waals surface area contributed by atoms with Gasteiger partial charge in [0, 0.05) is 54.2 Å². The van der Waals surface area contributed by atoms with E-state index in [4.69, 9.17) is 30.0 Å². The van der Waals surface area contributed by atoms with Crippen molar-refractivity contribution in [3.8, 4) is 0 Å². The van der Waals surface area contributed by atoms with Gasteiger partial charge in [0.2, 0.25) is 0 Å². The van der Waals surface area contributed by atoms with E-state index in [9.17, 15) is 4.39 Å². The summed E-state index contributed by atoms with van der Waals surface area (Å²) in [5.74, 6) is 4.84. The van der Waals surface area contributed by atoms with Gasteiger partial charge < -0.3 is 4.74 Å². The molecule has 1 saturated carbocycles. The first kappa shape index (κ1) is 19.2. The number of hydrogen-bond donors (Lipinski definition) is 2. The van der Waals surface area contributed by atoms with E-state index in [-0.39, 0.29) is 11.1 Å². The van der Waals surface area contributed by atoms with Gasteiger partial charge >= 0.3 is 0 Å². The highest BCUT2D eigenvalue weighted by molar-refractivity contribution is 7.80. The standard InChI is InChI=1S/C22H35FN2OS2/c23-16-8-22(13-28)9-18-17(3-4-19(18)24(22)11-16)15-7-21(12-27)6-14-2-1-5-26-20(14)25(21)10-15/h14-20,27-28H,1-13H2/t14?,15?,16-,17?,18+,19-,20?,21?,22+/m0/s1. The van der Waals surface area contributed by atoms with Crippen molar-refractivity contribution in [2.75, 3.05) is 31.2 Å². The molecule has 5 saturated heterocycles. The Bertz CT molecular complexity index is 640. The first-order chi connectivity index (χ1) is 13.6. The van der Waals surface area contributed by atoms with Crippen molar-refractivity contribution < 1.29 is 9.13 Å². The quantitative estimate of drug-likeness (QED) is 0.671. The average molecular weight is 427 g/mol. The Hall–Kier alpha value is 0.510. The molecule has 0 aromatic carbocycles. The van der Waals surface area contributed by atoms with Crippen LogP contribution in [0.15, 0.2) is 0 Å². The van der Waals surface area contributed by atoms with Crippen LogP contribution in [0.5, 0.6) is 0 Å². The van der Waals surface area contributed by atoms with Crippen LogP contribution in [0.2, 0.25) is 0 Å². The highest BCUT2D eigenvalue weighted by atomic mass is 32.1. The van der Waals surface area contributed by atoms with Crippen molar-refractivity contribution in [1.82, 2.24) is 9.80 Å². The molecule has 0 amide bonds. The van der Waals surface area contributed by atoms with E-state index in [1.807, 2.05) is 0 Å². The van der Waals surface area contributed by atoms with Gasteiger partial charge in [-0.05, 0) is 69.1 Å². The van der Waals surface area contributed by atoms with Gasteiger partial charge in [-0.15, -0.1) is 0 Å². The summed E-state index contributed by atoms with van der Waals surface area (Å²) >= 11 is 9.55. The molecule has 0 aromatic rings. The smallest absolute Gasteiger partial charge is 0.115 e. The summed E-state index contributed by atoms with van der Waals surface area (Å²) in [4.78, 5) is 5.30. The zero-order chi connectivity index (χ0) is 19.1. The second kappa shape index (κ2) is 6.75. The minimum Gasteiger partial charge on any atom is -0.363 e. The monoisotopic (exact) mass is 426 g/mol. The van der Waals surface area contributed by atoms with E-state index in [0.717, 1.165) is 41.8 Å². The molecule has 9 atom stereocenters. The van der Waals surface area contributed by atoms with E-state index >= 15 is 0 Å². The summed E-state index contributed by atoms with van der Waals surface area (Å²) in [5.41, 5.74) is 0.315. The molecule has 0 aromatic heterocycles. The number of fused-ring (bicyclic) bond motifs is 6. The van der Waals surface area contributed by atoms with Crippen LogP contribution in [0.4, 0.5) is 4.39 Å². The van der Waals surface area contributed by atoms with Crippen molar-refractivity contribution in [2.24, 2.45) is 23.7 Å². The summed E-state index contributed by atoms with van der Waals surface area (Å²) in [6, 6.07) is 0.610. The second-order valence-corrected chi connectivity index (χ2v) is 11.5. The normalized spacial score (nSPS) is 56.0. The molecule has 0 radical (unpaired) electrons. The Morgan fingerprint density at radius 3 is 2.46 bits per heavy atom. The molecule has 1 aliphatic carbocycles. The number of halogens is 1. The molecule has 5 unspecified atom stereocenters. The third-order valence-corrected chi connectivity index (χ3v) is 10.9. The van der Waals surface area contributed by atoms with Gasteiger partial charge in [-0.2, -0.15) is 25.3 Å². The molecule has 0 spiro atoms. The molecule has 28 heavy (non-hydrogen) atoms. The van der Waals surface area contributed by atoms with E-state index in [1.165, 1.54) is 51.5 Å². The molecule has 5 heterocycles. The highest BCUT2D eigenvalue weighted by Crippen LogP contribution is 2.59. The molecule has 3 nitrogen and oxygen atoms in total. The minimum atomic E-state index is -0.642. The lowest BCUT2D eigenvalue weighted by Crippen LogP contribution is -2.46. The number of ether oxygens (including phenoxy) is 1. The van der Waals surface area contributed by atoms with Crippen LogP contribution in [0.1, 0.15) is 51.4 Å². The maximum Gasteiger partial charge on any atom is 0.115 e. The number of alkyl halides is 1. The van der Waals surface area contributed by atoms with Gasteiger partial charge in [0.15, 0.2) is 0 Å². The highest BCUT2D eigenvalue weighted by Gasteiger charge is 2.63. The predicted molar refractivity (Wildman–Crippen MR) is 116 cm³/mol. The predicted octanol–water partition coefficient (Wildman–Crippen LogP) is 3.64. The van der Waals surface area contributed by atoms with Crippen molar-refractivity contribution in [1.29, 1.82) is 0 Å². The largest absolute Gasteiger partial charge is 0.363 e. The summed E-state index contributed by atoms with van der Waals surface area (Å²) < 4.78 is 20.5. The molecule has 6 rings (SSSR count). The summed E-state index contributed by atoms with van der Waals surface area (Å²) in [5, 5.41) is 0. The molecular weight excluding hydrogens is 391 g/mol. The number of hydrogen-bond acceptors (Lipinski definition) is 5. The Kier molecular flexibility index (Phi) is 4.63. The molecule has 158 valence electrons. The number of rotatable bonds is 3. The van der Waals surface area contributed by atoms with E-state index in [1.54, 1.807) is 0 Å².